The fourth-order valence-electron chi connectivity index (χ4n) is 3.35. The van der Waals surface area contributed by atoms with Gasteiger partial charge in [-0.25, -0.2) is 19.6 Å². The second-order valence-electron chi connectivity index (χ2n) is 8.00. The van der Waals surface area contributed by atoms with Crippen LogP contribution in [0.5, 0.6) is 11.5 Å². The van der Waals surface area contributed by atoms with Crippen molar-refractivity contribution in [3.63, 3.8) is 0 Å². The van der Waals surface area contributed by atoms with Crippen LogP contribution in [0.15, 0.2) is 42.9 Å². The fraction of sp³-hybridized carbons (Fsp3) is 0.261. The van der Waals surface area contributed by atoms with E-state index in [2.05, 4.69) is 25.1 Å². The van der Waals surface area contributed by atoms with Crippen molar-refractivity contribution >= 4 is 23.1 Å². The third kappa shape index (κ3) is 7.61. The molecule has 5 rings (SSSR count). The van der Waals surface area contributed by atoms with Gasteiger partial charge in [0.2, 0.25) is 0 Å². The van der Waals surface area contributed by atoms with Gasteiger partial charge in [0, 0.05) is 23.5 Å². The average molecular weight is 575 g/mol. The monoisotopic (exact) mass is 575 g/mol. The molecule has 1 unspecified atom stereocenters. The number of nitrogens with one attached hydrogen (secondary N) is 2. The Balaban J connectivity index is 0.000000263. The summed E-state index contributed by atoms with van der Waals surface area (Å²) in [6.07, 6.45) is -3.88. The summed E-state index contributed by atoms with van der Waals surface area (Å²) in [5, 5.41) is 21.1. The summed E-state index contributed by atoms with van der Waals surface area (Å²) >= 11 is 0. The average Bonchev–Trinajstić information content (AvgIpc) is 3.57. The summed E-state index contributed by atoms with van der Waals surface area (Å²) < 4.78 is 74.7. The number of carboxylic acid groups (broad SMARTS) is 2. The normalized spacial score (nSPS) is 14.5. The van der Waals surface area contributed by atoms with E-state index in [0.717, 1.165) is 46.0 Å². The summed E-state index contributed by atoms with van der Waals surface area (Å²) in [6, 6.07) is 7.95. The largest absolute Gasteiger partial charge is 0.497 e. The second kappa shape index (κ2) is 11.9. The molecule has 0 radical (unpaired) electrons. The predicted molar refractivity (Wildman–Crippen MR) is 124 cm³/mol. The highest BCUT2D eigenvalue weighted by Crippen LogP contribution is 2.34. The third-order valence-corrected chi connectivity index (χ3v) is 5.23. The van der Waals surface area contributed by atoms with Crippen LogP contribution in [0.25, 0.3) is 22.3 Å². The molecule has 4 N–H and O–H groups in total. The first kappa shape index (κ1) is 29.7. The van der Waals surface area contributed by atoms with E-state index in [0.29, 0.717) is 12.3 Å². The number of aromatic amines is 2. The number of carboxylic acids is 2. The number of imidazole rings is 1. The quantitative estimate of drug-likeness (QED) is 0.260. The molecule has 0 saturated carbocycles. The van der Waals surface area contributed by atoms with Crippen LogP contribution in [0.2, 0.25) is 0 Å². The molecule has 0 saturated heterocycles. The van der Waals surface area contributed by atoms with Gasteiger partial charge in [-0.05, 0) is 36.2 Å². The Bertz CT molecular complexity index is 1450. The van der Waals surface area contributed by atoms with E-state index in [1.807, 2.05) is 36.7 Å². The van der Waals surface area contributed by atoms with Crippen LogP contribution in [-0.4, -0.2) is 73.4 Å². The summed E-state index contributed by atoms with van der Waals surface area (Å²) in [5.74, 6) is -2.71. The number of halogens is 6. The molecule has 17 heteroatoms. The Hall–Kier alpha value is -4.83. The van der Waals surface area contributed by atoms with Crippen molar-refractivity contribution in [2.24, 2.45) is 0 Å². The molecule has 11 nitrogen and oxygen atoms in total. The van der Waals surface area contributed by atoms with Gasteiger partial charge in [0.15, 0.2) is 5.65 Å². The molecule has 4 heterocycles. The summed E-state index contributed by atoms with van der Waals surface area (Å²) in [7, 11) is 1.67. The van der Waals surface area contributed by atoms with Crippen molar-refractivity contribution in [2.75, 3.05) is 13.7 Å². The zero-order chi connectivity index (χ0) is 29.7. The molecule has 3 aromatic heterocycles. The van der Waals surface area contributed by atoms with Crippen LogP contribution in [0.4, 0.5) is 26.3 Å². The Kier molecular flexibility index (Phi) is 8.85. The van der Waals surface area contributed by atoms with E-state index < -0.39 is 24.3 Å². The first-order chi connectivity index (χ1) is 18.7. The highest BCUT2D eigenvalue weighted by molar-refractivity contribution is 5.77. The number of hydrogen-bond donors (Lipinski definition) is 4. The lowest BCUT2D eigenvalue weighted by molar-refractivity contribution is -0.193. The molecule has 1 aliphatic rings. The first-order valence-electron chi connectivity index (χ1n) is 10.9. The first-order valence-corrected chi connectivity index (χ1v) is 10.9. The maximum absolute atomic E-state index is 10.6. The van der Waals surface area contributed by atoms with Crippen LogP contribution in [0.1, 0.15) is 17.3 Å². The van der Waals surface area contributed by atoms with Crippen molar-refractivity contribution in [3.05, 3.63) is 54.2 Å². The van der Waals surface area contributed by atoms with Crippen molar-refractivity contribution in [1.29, 1.82) is 0 Å². The molecule has 0 fully saturated rings. The molecule has 4 aromatic rings. The molecule has 1 atom stereocenters. The minimum Gasteiger partial charge on any atom is -0.497 e. The summed E-state index contributed by atoms with van der Waals surface area (Å²) in [6.45, 7) is 0.591. The Morgan fingerprint density at radius 2 is 1.68 bits per heavy atom. The predicted octanol–water partition coefficient (Wildman–Crippen LogP) is 4.34. The summed E-state index contributed by atoms with van der Waals surface area (Å²) in [4.78, 5) is 30.4. The molecule has 40 heavy (non-hydrogen) atoms. The molecule has 0 bridgehead atoms. The van der Waals surface area contributed by atoms with Crippen molar-refractivity contribution < 1.29 is 55.6 Å². The third-order valence-electron chi connectivity index (χ3n) is 5.23. The number of hydrogen-bond acceptors (Lipinski definition) is 7. The van der Waals surface area contributed by atoms with Crippen molar-refractivity contribution in [2.45, 2.75) is 24.7 Å². The van der Waals surface area contributed by atoms with Gasteiger partial charge in [-0.15, -0.1) is 0 Å². The standard InChI is InChI=1S/C19H17N5O2.2C2HF3O2/c1-25-15-2-3-17-11(5-15)4-13(10-26-17)18-23-16-6-12(7-20-19(16)24-18)14-8-21-22-9-14;2*3-2(4,5)1(6)7/h2-3,5-9,13H,4,10H2,1H3,(H,21,22)(H,20,23,24);2*(H,6,7). The van der Waals surface area contributed by atoms with E-state index in [4.69, 9.17) is 29.3 Å². The van der Waals surface area contributed by atoms with E-state index in [1.54, 1.807) is 13.3 Å². The van der Waals surface area contributed by atoms with E-state index in [1.165, 1.54) is 0 Å². The van der Waals surface area contributed by atoms with Gasteiger partial charge in [-0.2, -0.15) is 31.4 Å². The van der Waals surface area contributed by atoms with Crippen LogP contribution in [0, 0.1) is 0 Å². The number of H-pyrrole nitrogens is 2. The van der Waals surface area contributed by atoms with Crippen LogP contribution in [-0.2, 0) is 16.0 Å². The minimum atomic E-state index is -5.08. The minimum absolute atomic E-state index is 0.154. The highest BCUT2D eigenvalue weighted by atomic mass is 19.4. The maximum Gasteiger partial charge on any atom is 0.490 e. The van der Waals surface area contributed by atoms with Gasteiger partial charge in [-0.3, -0.25) is 5.10 Å². The fourth-order valence-corrected chi connectivity index (χ4v) is 3.35. The van der Waals surface area contributed by atoms with Gasteiger partial charge in [0.05, 0.1) is 31.3 Å². The second-order valence-corrected chi connectivity index (χ2v) is 8.00. The Morgan fingerprint density at radius 3 is 2.23 bits per heavy atom. The number of ether oxygens (including phenoxy) is 2. The van der Waals surface area contributed by atoms with Crippen LogP contribution < -0.4 is 9.47 Å². The number of aromatic nitrogens is 5. The maximum atomic E-state index is 10.6. The molecule has 1 aromatic carbocycles. The number of pyridine rings is 1. The van der Waals surface area contributed by atoms with Gasteiger partial charge < -0.3 is 24.7 Å². The molecular weight excluding hydrogens is 556 g/mol. The lowest BCUT2D eigenvalue weighted by Crippen LogP contribution is -2.21. The molecular formula is C23H19F6N5O6. The smallest absolute Gasteiger partial charge is 0.490 e. The zero-order valence-electron chi connectivity index (χ0n) is 20.2. The molecule has 214 valence electrons. The molecule has 0 aliphatic carbocycles. The number of carbonyl (C=O) groups is 2. The summed E-state index contributed by atoms with van der Waals surface area (Å²) in [5.41, 5.74) is 4.75. The van der Waals surface area contributed by atoms with Gasteiger partial charge >= 0.3 is 24.3 Å². The van der Waals surface area contributed by atoms with Crippen molar-refractivity contribution in [1.82, 2.24) is 25.1 Å². The van der Waals surface area contributed by atoms with Crippen LogP contribution >= 0.6 is 0 Å². The molecule has 1 aliphatic heterocycles. The van der Waals surface area contributed by atoms with Gasteiger partial charge in [0.25, 0.3) is 0 Å². The van der Waals surface area contributed by atoms with E-state index in [9.17, 15) is 26.3 Å². The number of fused-ring (bicyclic) bond motifs is 2. The number of alkyl halides is 6. The van der Waals surface area contributed by atoms with E-state index >= 15 is 0 Å². The zero-order valence-corrected chi connectivity index (χ0v) is 20.2. The number of methoxy groups -OCH3 is 1. The molecule has 0 spiro atoms. The number of rotatable bonds is 3. The number of benzene rings is 1. The van der Waals surface area contributed by atoms with Crippen molar-refractivity contribution in [3.8, 4) is 22.6 Å². The Morgan fingerprint density at radius 1 is 1.02 bits per heavy atom. The van der Waals surface area contributed by atoms with Gasteiger partial charge in [0.1, 0.15) is 17.3 Å². The van der Waals surface area contributed by atoms with Gasteiger partial charge in [-0.1, -0.05) is 0 Å². The number of aliphatic carboxylic acids is 2. The topological polar surface area (TPSA) is 163 Å². The van der Waals surface area contributed by atoms with E-state index in [-0.39, 0.29) is 5.92 Å². The Labute approximate surface area is 219 Å². The SMILES string of the molecule is COc1ccc2c(c1)CC(c1nc3ncc(-c4cn[nH]c4)cc3[nH]1)CO2.O=C(O)C(F)(F)F.O=C(O)C(F)(F)F. The number of nitrogens with zero attached hydrogens (tertiary/aromatic N) is 3. The lowest BCUT2D eigenvalue weighted by atomic mass is 9.96. The molecule has 0 amide bonds. The lowest BCUT2D eigenvalue weighted by Gasteiger charge is -2.24. The van der Waals surface area contributed by atoms with Crippen LogP contribution in [0.3, 0.4) is 0 Å². The highest BCUT2D eigenvalue weighted by Gasteiger charge is 2.38.